The molecule has 1 aliphatic rings. The van der Waals surface area contributed by atoms with Gasteiger partial charge in [0.15, 0.2) is 0 Å². The Balaban J connectivity index is 0. The molecule has 3 heteroatoms. The normalized spacial score (nSPS) is 16.5. The minimum absolute atomic E-state index is 0.0208. The number of nitrogens with zero attached hydrogens (tertiary/aromatic N) is 1. The Kier molecular flexibility index (Phi) is 18.0. The Morgan fingerprint density at radius 2 is 1.49 bits per heavy atom. The van der Waals surface area contributed by atoms with Crippen LogP contribution in [0.4, 0.5) is 0 Å². The van der Waals surface area contributed by atoms with Crippen LogP contribution in [0, 0.1) is 51.4 Å². The molecule has 0 spiro atoms. The molecule has 1 aromatic carbocycles. The van der Waals surface area contributed by atoms with Crippen LogP contribution in [0.25, 0.3) is 0 Å². The van der Waals surface area contributed by atoms with Gasteiger partial charge in [-0.1, -0.05) is 83.9 Å². The summed E-state index contributed by atoms with van der Waals surface area (Å²) in [5, 5.41) is 0. The number of amides is 1. The fourth-order valence-corrected chi connectivity index (χ4v) is 3.29. The van der Waals surface area contributed by atoms with E-state index in [0.29, 0.717) is 11.5 Å². The lowest BCUT2D eigenvalue weighted by Gasteiger charge is -2.14. The van der Waals surface area contributed by atoms with Crippen molar-refractivity contribution >= 4 is 11.7 Å². The molecule has 37 heavy (non-hydrogen) atoms. The number of likely N-dealkylation sites (tertiary alicyclic amines) is 1. The standard InChI is InChI=1S/C15H23NO.C10H14.C7H10O.C2H6/c1-7-10(2)11(3)8-9-14-12(4)15(17)16(6)13(14)5;1-7-5-9(3)10(4)6-8(7)2;1-4-5-7(8)6(2)3;1-2/h8-10,13H,4,7H2,1-3,5-6H3;5-6H,1-4H3;6H,1-3H3;1-2H3/b11-8-,14-9+;;;. The summed E-state index contributed by atoms with van der Waals surface area (Å²) >= 11 is 0. The van der Waals surface area contributed by atoms with Crippen molar-refractivity contribution in [3.63, 3.8) is 0 Å². The lowest BCUT2D eigenvalue weighted by atomic mass is 9.98. The average Bonchev–Trinajstić information content (AvgIpc) is 3.05. The Labute approximate surface area is 229 Å². The van der Waals surface area contributed by atoms with Gasteiger partial charge in [-0.25, -0.2) is 0 Å². The van der Waals surface area contributed by atoms with E-state index in [1.165, 1.54) is 27.8 Å². The summed E-state index contributed by atoms with van der Waals surface area (Å²) < 4.78 is 0. The van der Waals surface area contributed by atoms with E-state index in [1.807, 2.05) is 41.7 Å². The van der Waals surface area contributed by atoms with Crippen LogP contribution in [0.3, 0.4) is 0 Å². The molecule has 0 radical (unpaired) electrons. The zero-order valence-corrected chi connectivity index (χ0v) is 26.2. The van der Waals surface area contributed by atoms with Gasteiger partial charge in [0.25, 0.3) is 5.91 Å². The van der Waals surface area contributed by atoms with Crippen molar-refractivity contribution in [2.75, 3.05) is 7.05 Å². The third-order valence-electron chi connectivity index (χ3n) is 6.76. The van der Waals surface area contributed by atoms with Crippen molar-refractivity contribution in [3.8, 4) is 11.8 Å². The van der Waals surface area contributed by atoms with Crippen molar-refractivity contribution in [1.82, 2.24) is 4.90 Å². The molecule has 2 unspecified atom stereocenters. The number of hydrogen-bond acceptors (Lipinski definition) is 2. The maximum Gasteiger partial charge on any atom is 0.253 e. The average molecular weight is 508 g/mol. The van der Waals surface area contributed by atoms with E-state index in [-0.39, 0.29) is 23.7 Å². The minimum Gasteiger partial charge on any atom is -0.335 e. The first-order chi connectivity index (χ1) is 17.2. The van der Waals surface area contributed by atoms with Gasteiger partial charge in [-0.2, -0.15) is 0 Å². The van der Waals surface area contributed by atoms with Crippen LogP contribution in [0.2, 0.25) is 0 Å². The summed E-state index contributed by atoms with van der Waals surface area (Å²) in [5.41, 5.74) is 8.59. The molecule has 2 rings (SSSR count). The SMILES string of the molecule is C=C1C(=O)N(C)C(C)/C1=C/C=C(/C)C(C)CC.CC.CC#CC(=O)C(C)C.Cc1cc(C)c(C)cc1C. The van der Waals surface area contributed by atoms with Gasteiger partial charge in [0.2, 0.25) is 5.78 Å². The molecule has 2 atom stereocenters. The van der Waals surface area contributed by atoms with Crippen LogP contribution in [0.5, 0.6) is 0 Å². The van der Waals surface area contributed by atoms with Crippen LogP contribution in [-0.2, 0) is 9.59 Å². The predicted octanol–water partition coefficient (Wildman–Crippen LogP) is 8.50. The lowest BCUT2D eigenvalue weighted by Crippen LogP contribution is -2.26. The molecule has 0 aromatic heterocycles. The Morgan fingerprint density at radius 1 is 1.05 bits per heavy atom. The Hall–Kier alpha value is -2.86. The van der Waals surface area contributed by atoms with Gasteiger partial charge in [-0.3, -0.25) is 9.59 Å². The predicted molar refractivity (Wildman–Crippen MR) is 163 cm³/mol. The molecule has 1 heterocycles. The molecule has 3 nitrogen and oxygen atoms in total. The summed E-state index contributed by atoms with van der Waals surface area (Å²) in [6.07, 6.45) is 5.31. The minimum atomic E-state index is 0.0208. The number of ketones is 1. The zero-order valence-electron chi connectivity index (χ0n) is 26.2. The van der Waals surface area contributed by atoms with E-state index in [0.717, 1.165) is 12.0 Å². The summed E-state index contributed by atoms with van der Waals surface area (Å²) in [4.78, 5) is 24.0. The maximum absolute atomic E-state index is 11.7. The van der Waals surface area contributed by atoms with E-state index in [9.17, 15) is 9.59 Å². The molecule has 0 bridgehead atoms. The van der Waals surface area contributed by atoms with Crippen molar-refractivity contribution in [1.29, 1.82) is 0 Å². The van der Waals surface area contributed by atoms with Crippen LogP contribution < -0.4 is 0 Å². The number of hydrogen-bond donors (Lipinski definition) is 0. The van der Waals surface area contributed by atoms with Gasteiger partial charge in [0.05, 0.1) is 6.04 Å². The third kappa shape index (κ3) is 12.3. The lowest BCUT2D eigenvalue weighted by molar-refractivity contribution is -0.124. The van der Waals surface area contributed by atoms with E-state index in [4.69, 9.17) is 0 Å². The highest BCUT2D eigenvalue weighted by Crippen LogP contribution is 2.27. The molecular formula is C34H53NO2. The van der Waals surface area contributed by atoms with Crippen molar-refractivity contribution < 1.29 is 9.59 Å². The van der Waals surface area contributed by atoms with Crippen molar-refractivity contribution in [2.24, 2.45) is 11.8 Å². The number of aryl methyl sites for hydroxylation is 4. The van der Waals surface area contributed by atoms with Crippen LogP contribution >= 0.6 is 0 Å². The molecule has 0 aliphatic carbocycles. The smallest absolute Gasteiger partial charge is 0.253 e. The summed E-state index contributed by atoms with van der Waals surface area (Å²) in [6.45, 7) is 30.4. The topological polar surface area (TPSA) is 37.4 Å². The second-order valence-corrected chi connectivity index (χ2v) is 9.83. The molecule has 206 valence electrons. The molecule has 1 amide bonds. The highest BCUT2D eigenvalue weighted by Gasteiger charge is 2.32. The highest BCUT2D eigenvalue weighted by atomic mass is 16.2. The largest absolute Gasteiger partial charge is 0.335 e. The molecule has 1 fully saturated rings. The number of rotatable bonds is 4. The first kappa shape index (κ1) is 36.3. The number of carbonyl (C=O) groups is 2. The summed E-state index contributed by atoms with van der Waals surface area (Å²) in [7, 11) is 1.82. The maximum atomic E-state index is 11.7. The summed E-state index contributed by atoms with van der Waals surface area (Å²) in [5.74, 6) is 5.71. The Morgan fingerprint density at radius 3 is 1.76 bits per heavy atom. The Bertz CT molecular complexity index is 978. The molecular weight excluding hydrogens is 454 g/mol. The van der Waals surface area contributed by atoms with Crippen molar-refractivity contribution in [3.05, 3.63) is 69.8 Å². The van der Waals surface area contributed by atoms with Crippen LogP contribution in [-0.4, -0.2) is 29.7 Å². The second kappa shape index (κ2) is 18.4. The highest BCUT2D eigenvalue weighted by molar-refractivity contribution is 6.01. The monoisotopic (exact) mass is 507 g/mol. The van der Waals surface area contributed by atoms with Gasteiger partial charge >= 0.3 is 0 Å². The molecule has 1 aromatic rings. The number of allylic oxidation sites excluding steroid dienone is 3. The second-order valence-electron chi connectivity index (χ2n) is 9.83. The summed E-state index contributed by atoms with van der Waals surface area (Å²) in [6, 6.07) is 4.62. The van der Waals surface area contributed by atoms with E-state index >= 15 is 0 Å². The fourth-order valence-electron chi connectivity index (χ4n) is 3.29. The quantitative estimate of drug-likeness (QED) is 0.233. The first-order valence-electron chi connectivity index (χ1n) is 13.5. The number of likely N-dealkylation sites (N-methyl/N-ethyl adjacent to an activating group) is 1. The number of Topliss-reactive ketones (excluding diaryl/α,β-unsaturated/α-hetero) is 1. The van der Waals surface area contributed by atoms with E-state index < -0.39 is 0 Å². The van der Waals surface area contributed by atoms with Gasteiger partial charge in [0.1, 0.15) is 0 Å². The molecule has 0 N–H and O–H groups in total. The van der Waals surface area contributed by atoms with Crippen LogP contribution in [0.15, 0.2) is 47.6 Å². The van der Waals surface area contributed by atoms with Crippen molar-refractivity contribution in [2.45, 2.75) is 102 Å². The molecule has 0 saturated carbocycles. The molecule has 1 aliphatic heterocycles. The zero-order chi connectivity index (χ0) is 29.5. The number of benzene rings is 1. The van der Waals surface area contributed by atoms with Gasteiger partial charge in [0, 0.05) is 18.5 Å². The third-order valence-corrected chi connectivity index (χ3v) is 6.76. The van der Waals surface area contributed by atoms with Crippen LogP contribution in [0.1, 0.15) is 91.0 Å². The molecule has 1 saturated heterocycles. The van der Waals surface area contributed by atoms with Gasteiger partial charge < -0.3 is 4.90 Å². The van der Waals surface area contributed by atoms with Gasteiger partial charge in [-0.15, -0.1) is 0 Å². The first-order valence-corrected chi connectivity index (χ1v) is 13.5. The van der Waals surface area contributed by atoms with E-state index in [1.54, 1.807) is 11.8 Å². The fraction of sp³-hybridized carbons (Fsp3) is 0.529. The van der Waals surface area contributed by atoms with Gasteiger partial charge in [-0.05, 0) is 94.6 Å². The van der Waals surface area contributed by atoms with E-state index in [2.05, 4.69) is 91.2 Å². The number of carbonyl (C=O) groups excluding carboxylic acids is 2.